The van der Waals surface area contributed by atoms with E-state index in [1.54, 1.807) is 12.4 Å². The van der Waals surface area contributed by atoms with Crippen molar-refractivity contribution in [1.29, 1.82) is 0 Å². The summed E-state index contributed by atoms with van der Waals surface area (Å²) in [7, 11) is 0. The third-order valence-corrected chi connectivity index (χ3v) is 7.18. The molecule has 1 saturated heterocycles. The number of benzene rings is 2. The van der Waals surface area contributed by atoms with Crippen LogP contribution in [0.2, 0.25) is 5.02 Å². The lowest BCUT2D eigenvalue weighted by Crippen LogP contribution is -2.50. The van der Waals surface area contributed by atoms with Crippen LogP contribution in [0.4, 0.5) is 28.8 Å². The zero-order valence-corrected chi connectivity index (χ0v) is 22.1. The monoisotopic (exact) mass is 541 g/mol. The van der Waals surface area contributed by atoms with Gasteiger partial charge in [0, 0.05) is 43.8 Å². The molecule has 2 aliphatic rings. The molecule has 39 heavy (non-hydrogen) atoms. The third kappa shape index (κ3) is 5.88. The second-order valence-corrected chi connectivity index (χ2v) is 9.94. The van der Waals surface area contributed by atoms with E-state index in [2.05, 4.69) is 42.6 Å². The molecule has 0 atom stereocenters. The van der Waals surface area contributed by atoms with E-state index in [1.807, 2.05) is 53.6 Å². The number of aryl methyl sites for hydroxylation is 2. The van der Waals surface area contributed by atoms with Crippen LogP contribution in [-0.4, -0.2) is 58.5 Å². The maximum Gasteiger partial charge on any atom is 0.260 e. The summed E-state index contributed by atoms with van der Waals surface area (Å²) in [6, 6.07) is 18.1. The summed E-state index contributed by atoms with van der Waals surface area (Å²) in [5, 5.41) is 6.88. The number of piperazine rings is 1. The van der Waals surface area contributed by atoms with Crippen LogP contribution in [0.5, 0.6) is 5.75 Å². The van der Waals surface area contributed by atoms with Crippen LogP contribution in [0.25, 0.3) is 0 Å². The number of carbonyl (C=O) groups excluding carboxylic acids is 1. The van der Waals surface area contributed by atoms with Crippen molar-refractivity contribution in [2.75, 3.05) is 48.3 Å². The van der Waals surface area contributed by atoms with Crippen molar-refractivity contribution in [2.24, 2.45) is 0 Å². The first-order valence-corrected chi connectivity index (χ1v) is 13.3. The van der Waals surface area contributed by atoms with Gasteiger partial charge in [0.05, 0.1) is 18.1 Å². The molecule has 0 radical (unpaired) electrons. The van der Waals surface area contributed by atoms with Gasteiger partial charge in [-0.1, -0.05) is 29.8 Å². The molecule has 6 rings (SSSR count). The van der Waals surface area contributed by atoms with E-state index >= 15 is 0 Å². The lowest BCUT2D eigenvalue weighted by Gasteiger charge is -2.36. The van der Waals surface area contributed by atoms with Crippen molar-refractivity contribution in [1.82, 2.24) is 19.9 Å². The van der Waals surface area contributed by atoms with Crippen LogP contribution < -0.4 is 20.3 Å². The first-order valence-electron chi connectivity index (χ1n) is 12.9. The molecule has 4 aromatic rings. The second kappa shape index (κ2) is 11.2. The molecular weight excluding hydrogens is 514 g/mol. The van der Waals surface area contributed by atoms with Gasteiger partial charge in [0.2, 0.25) is 5.95 Å². The predicted octanol–water partition coefficient (Wildman–Crippen LogP) is 4.84. The number of hydrogen-bond acceptors (Lipinski definition) is 8. The lowest BCUT2D eigenvalue weighted by molar-refractivity contribution is -0.133. The number of nitrogens with one attached hydrogen (secondary N) is 2. The average molecular weight is 542 g/mol. The molecule has 0 spiro atoms. The van der Waals surface area contributed by atoms with Gasteiger partial charge in [0.25, 0.3) is 5.91 Å². The molecule has 0 saturated carbocycles. The molecule has 2 aromatic carbocycles. The Hall–Kier alpha value is -4.37. The summed E-state index contributed by atoms with van der Waals surface area (Å²) in [6.45, 7) is 2.94. The molecule has 1 fully saturated rings. The molecule has 2 N–H and O–H groups in total. The van der Waals surface area contributed by atoms with E-state index in [0.717, 1.165) is 42.0 Å². The molecule has 10 heteroatoms. The molecule has 1 amide bonds. The number of anilines is 5. The van der Waals surface area contributed by atoms with Gasteiger partial charge in [-0.15, -0.1) is 0 Å². The number of hydrogen-bond donors (Lipinski definition) is 2. The molecule has 6 bridgehead atoms. The van der Waals surface area contributed by atoms with Gasteiger partial charge in [-0.3, -0.25) is 9.78 Å². The smallest absolute Gasteiger partial charge is 0.260 e. The van der Waals surface area contributed by atoms with Gasteiger partial charge in [-0.25, -0.2) is 4.98 Å². The highest BCUT2D eigenvalue weighted by molar-refractivity contribution is 6.32. The van der Waals surface area contributed by atoms with Crippen molar-refractivity contribution in [3.8, 4) is 5.75 Å². The Labute approximate surface area is 231 Å². The summed E-state index contributed by atoms with van der Waals surface area (Å²) in [6.07, 6.45) is 6.59. The van der Waals surface area contributed by atoms with E-state index in [9.17, 15) is 4.79 Å². The second-order valence-electron chi connectivity index (χ2n) is 9.54. The van der Waals surface area contributed by atoms with Gasteiger partial charge in [0.15, 0.2) is 12.4 Å². The maximum absolute atomic E-state index is 13.0. The number of amides is 1. The fourth-order valence-electron chi connectivity index (χ4n) is 4.83. The maximum atomic E-state index is 13.0. The molecule has 198 valence electrons. The van der Waals surface area contributed by atoms with Crippen molar-refractivity contribution in [2.45, 2.75) is 12.8 Å². The first-order chi connectivity index (χ1) is 19.1. The summed E-state index contributed by atoms with van der Waals surface area (Å²) in [4.78, 5) is 30.4. The highest BCUT2D eigenvalue weighted by atomic mass is 35.5. The summed E-state index contributed by atoms with van der Waals surface area (Å²) in [5.74, 6) is 1.58. The van der Waals surface area contributed by atoms with Crippen LogP contribution in [0.15, 0.2) is 73.2 Å². The van der Waals surface area contributed by atoms with Crippen molar-refractivity contribution >= 4 is 46.3 Å². The standard InChI is InChI=1S/C29H28ClN7O2/c30-25-18-32-29-34-23-14-20(16-31-17-23)6-7-21-15-22(33-28(25)35-29)8-9-26(21)39-19-27(38)37-12-10-36(11-13-37)24-4-2-1-3-5-24/h1-5,8-9,14-18H,6-7,10-13,19H2,(H2,32,33,34,35). The van der Waals surface area contributed by atoms with Gasteiger partial charge >= 0.3 is 0 Å². The first kappa shape index (κ1) is 24.9. The van der Waals surface area contributed by atoms with Gasteiger partial charge < -0.3 is 25.2 Å². The predicted molar refractivity (Wildman–Crippen MR) is 152 cm³/mol. The van der Waals surface area contributed by atoms with Gasteiger partial charge in [0.1, 0.15) is 10.8 Å². The van der Waals surface area contributed by atoms with E-state index in [1.165, 1.54) is 5.69 Å². The number of carbonyl (C=O) groups is 1. The normalized spacial score (nSPS) is 14.7. The Kier molecular flexibility index (Phi) is 7.14. The van der Waals surface area contributed by atoms with Crippen LogP contribution in [0.1, 0.15) is 11.1 Å². The zero-order chi connectivity index (χ0) is 26.6. The van der Waals surface area contributed by atoms with Crippen LogP contribution in [0, 0.1) is 0 Å². The Bertz CT molecular complexity index is 1480. The van der Waals surface area contributed by atoms with E-state index in [-0.39, 0.29) is 12.5 Å². The summed E-state index contributed by atoms with van der Waals surface area (Å²) >= 11 is 6.37. The number of pyridine rings is 1. The Morgan fingerprint density at radius 2 is 1.77 bits per heavy atom. The quantitative estimate of drug-likeness (QED) is 0.379. The summed E-state index contributed by atoms with van der Waals surface area (Å²) < 4.78 is 6.10. The Morgan fingerprint density at radius 1 is 0.923 bits per heavy atom. The minimum atomic E-state index is -0.00923. The van der Waals surface area contributed by atoms with Crippen molar-refractivity contribution < 1.29 is 9.53 Å². The SMILES string of the molecule is O=C(COc1ccc2cc1CCc1cncc(c1)Nc1ncc(Cl)c(n1)N2)N1CCN(c2ccccc2)CC1. The molecule has 2 aromatic heterocycles. The minimum Gasteiger partial charge on any atom is -0.483 e. The fourth-order valence-corrected chi connectivity index (χ4v) is 4.97. The van der Waals surface area contributed by atoms with Gasteiger partial charge in [-0.05, 0) is 60.4 Å². The third-order valence-electron chi connectivity index (χ3n) is 6.91. The average Bonchev–Trinajstić information content (AvgIpc) is 2.98. The van der Waals surface area contributed by atoms with E-state index in [0.29, 0.717) is 42.0 Å². The van der Waals surface area contributed by atoms with Crippen molar-refractivity contribution in [3.05, 3.63) is 89.3 Å². The zero-order valence-electron chi connectivity index (χ0n) is 21.3. The van der Waals surface area contributed by atoms with Crippen LogP contribution >= 0.6 is 11.6 Å². The largest absolute Gasteiger partial charge is 0.483 e. The highest BCUT2D eigenvalue weighted by Gasteiger charge is 2.22. The molecule has 0 aliphatic carbocycles. The Balaban J connectivity index is 1.17. The number of rotatable bonds is 4. The molecule has 4 heterocycles. The Morgan fingerprint density at radius 3 is 2.62 bits per heavy atom. The van der Waals surface area contributed by atoms with Crippen molar-refractivity contribution in [3.63, 3.8) is 0 Å². The number of halogens is 1. The summed E-state index contributed by atoms with van der Waals surface area (Å²) in [5.41, 5.74) is 4.83. The minimum absolute atomic E-state index is 0.00677. The van der Waals surface area contributed by atoms with Crippen LogP contribution in [0.3, 0.4) is 0 Å². The number of aromatic nitrogens is 3. The molecule has 9 nitrogen and oxygen atoms in total. The fraction of sp³-hybridized carbons (Fsp3) is 0.241. The highest BCUT2D eigenvalue weighted by Crippen LogP contribution is 2.30. The molecule has 2 aliphatic heterocycles. The molecular formula is C29H28ClN7O2. The number of fused-ring (bicyclic) bond motifs is 6. The number of nitrogens with zero attached hydrogens (tertiary/aromatic N) is 5. The van der Waals surface area contributed by atoms with E-state index < -0.39 is 0 Å². The van der Waals surface area contributed by atoms with Crippen LogP contribution in [-0.2, 0) is 17.6 Å². The lowest BCUT2D eigenvalue weighted by atomic mass is 10.0. The number of para-hydroxylation sites is 1. The topological polar surface area (TPSA) is 95.5 Å². The number of ether oxygens (including phenoxy) is 1. The molecule has 0 unspecified atom stereocenters. The van der Waals surface area contributed by atoms with Gasteiger partial charge in [-0.2, -0.15) is 4.98 Å². The van der Waals surface area contributed by atoms with E-state index in [4.69, 9.17) is 16.3 Å².